The molecule has 0 spiro atoms. The smallest absolute Gasteiger partial charge is 0.0525 e. The number of hydrogen-bond donors (Lipinski definition) is 1. The number of thioether (sulfide) groups is 1. The van der Waals surface area contributed by atoms with Crippen molar-refractivity contribution in [1.82, 2.24) is 0 Å². The van der Waals surface area contributed by atoms with Crippen molar-refractivity contribution in [1.29, 1.82) is 0 Å². The number of fused-ring (bicyclic) bond motifs is 1. The molecule has 0 saturated carbocycles. The van der Waals surface area contributed by atoms with Crippen LogP contribution in [0.4, 0.5) is 11.4 Å². The molecule has 2 rings (SSSR count). The summed E-state index contributed by atoms with van der Waals surface area (Å²) in [5.74, 6) is 1.88. The number of benzene rings is 1. The zero-order valence-corrected chi connectivity index (χ0v) is 10.2. The molecule has 0 bridgehead atoms. The van der Waals surface area contributed by atoms with Crippen LogP contribution >= 0.6 is 11.8 Å². The summed E-state index contributed by atoms with van der Waals surface area (Å²) in [6, 6.07) is 6.23. The number of nitrogens with zero attached hydrogens (tertiary/aromatic N) is 1. The first-order valence-electron chi connectivity index (χ1n) is 5.44. The van der Waals surface area contributed by atoms with Gasteiger partial charge in [0.05, 0.1) is 5.69 Å². The van der Waals surface area contributed by atoms with Gasteiger partial charge in [-0.05, 0) is 24.1 Å². The van der Waals surface area contributed by atoms with E-state index in [9.17, 15) is 0 Å². The number of rotatable bonds is 2. The van der Waals surface area contributed by atoms with E-state index in [1.807, 2.05) is 17.8 Å². The molecule has 2 nitrogen and oxygen atoms in total. The van der Waals surface area contributed by atoms with Crippen molar-refractivity contribution in [2.45, 2.75) is 18.7 Å². The second kappa shape index (κ2) is 4.35. The first kappa shape index (κ1) is 10.7. The molecule has 2 N–H and O–H groups in total. The predicted octanol–water partition coefficient (Wildman–Crippen LogP) is 2.84. The monoisotopic (exact) mass is 222 g/mol. The lowest BCUT2D eigenvalue weighted by Gasteiger charge is -2.32. The van der Waals surface area contributed by atoms with Crippen molar-refractivity contribution in [2.24, 2.45) is 5.92 Å². The second-order valence-corrected chi connectivity index (χ2v) is 5.55. The first-order chi connectivity index (χ1) is 7.16. The van der Waals surface area contributed by atoms with Crippen LogP contribution in [0.1, 0.15) is 13.8 Å². The lowest BCUT2D eigenvalue weighted by atomic mass is 10.2. The molecule has 3 heteroatoms. The van der Waals surface area contributed by atoms with Gasteiger partial charge in [-0.25, -0.2) is 0 Å². The van der Waals surface area contributed by atoms with Crippen LogP contribution in [0.2, 0.25) is 0 Å². The molecule has 0 atom stereocenters. The molecule has 1 heterocycles. The molecule has 82 valence electrons. The van der Waals surface area contributed by atoms with E-state index in [0.29, 0.717) is 5.92 Å². The van der Waals surface area contributed by atoms with E-state index in [2.05, 4.69) is 30.9 Å². The van der Waals surface area contributed by atoms with E-state index < -0.39 is 0 Å². The fourth-order valence-electron chi connectivity index (χ4n) is 1.92. The lowest BCUT2D eigenvalue weighted by Crippen LogP contribution is -2.32. The minimum absolute atomic E-state index is 0.697. The van der Waals surface area contributed by atoms with Crippen LogP contribution in [0, 0.1) is 5.92 Å². The zero-order valence-electron chi connectivity index (χ0n) is 9.36. The van der Waals surface area contributed by atoms with Gasteiger partial charge in [-0.1, -0.05) is 13.8 Å². The van der Waals surface area contributed by atoms with Crippen molar-refractivity contribution in [3.05, 3.63) is 18.2 Å². The SMILES string of the molecule is CC(C)CN1CCSc2ccc(N)cc21. The third kappa shape index (κ3) is 2.40. The highest BCUT2D eigenvalue weighted by atomic mass is 32.2. The van der Waals surface area contributed by atoms with Gasteiger partial charge in [0.1, 0.15) is 0 Å². The highest BCUT2D eigenvalue weighted by Gasteiger charge is 2.17. The van der Waals surface area contributed by atoms with Crippen molar-refractivity contribution in [3.63, 3.8) is 0 Å². The van der Waals surface area contributed by atoms with Gasteiger partial charge in [0.25, 0.3) is 0 Å². The molecule has 15 heavy (non-hydrogen) atoms. The summed E-state index contributed by atoms with van der Waals surface area (Å²) in [5, 5.41) is 0. The average molecular weight is 222 g/mol. The Kier molecular flexibility index (Phi) is 3.10. The summed E-state index contributed by atoms with van der Waals surface area (Å²) >= 11 is 1.93. The van der Waals surface area contributed by atoms with E-state index >= 15 is 0 Å². The Morgan fingerprint density at radius 3 is 3.00 bits per heavy atom. The number of hydrogen-bond acceptors (Lipinski definition) is 3. The van der Waals surface area contributed by atoms with Crippen LogP contribution in [0.3, 0.4) is 0 Å². The third-order valence-corrected chi connectivity index (χ3v) is 3.57. The molecule has 0 unspecified atom stereocenters. The Morgan fingerprint density at radius 1 is 1.47 bits per heavy atom. The molecule has 1 aliphatic rings. The molecule has 0 aliphatic carbocycles. The van der Waals surface area contributed by atoms with E-state index in [1.54, 1.807) is 0 Å². The molecule has 0 aromatic heterocycles. The molecular weight excluding hydrogens is 204 g/mol. The Labute approximate surface area is 95.8 Å². The normalized spacial score (nSPS) is 15.5. The molecule has 0 fully saturated rings. The quantitative estimate of drug-likeness (QED) is 0.780. The predicted molar refractivity (Wildman–Crippen MR) is 68.6 cm³/mol. The summed E-state index contributed by atoms with van der Waals surface area (Å²) in [6.07, 6.45) is 0. The van der Waals surface area contributed by atoms with E-state index in [1.165, 1.54) is 16.3 Å². The van der Waals surface area contributed by atoms with Gasteiger partial charge in [0.15, 0.2) is 0 Å². The molecule has 1 aromatic rings. The van der Waals surface area contributed by atoms with E-state index in [-0.39, 0.29) is 0 Å². The standard InChI is InChI=1S/C12H18N2S/c1-9(2)8-14-5-6-15-12-4-3-10(13)7-11(12)14/h3-4,7,9H,5-6,8,13H2,1-2H3. The van der Waals surface area contributed by atoms with Crippen molar-refractivity contribution in [2.75, 3.05) is 29.5 Å². The Hall–Kier alpha value is -0.830. The van der Waals surface area contributed by atoms with Crippen molar-refractivity contribution >= 4 is 23.1 Å². The second-order valence-electron chi connectivity index (χ2n) is 4.42. The Morgan fingerprint density at radius 2 is 2.27 bits per heavy atom. The maximum Gasteiger partial charge on any atom is 0.0525 e. The van der Waals surface area contributed by atoms with Crippen molar-refractivity contribution < 1.29 is 0 Å². The van der Waals surface area contributed by atoms with Crippen LogP contribution in [-0.4, -0.2) is 18.8 Å². The highest BCUT2D eigenvalue weighted by Crippen LogP contribution is 2.36. The largest absolute Gasteiger partial charge is 0.399 e. The summed E-state index contributed by atoms with van der Waals surface area (Å²) in [4.78, 5) is 3.82. The van der Waals surface area contributed by atoms with Gasteiger partial charge in [0, 0.05) is 29.4 Å². The first-order valence-corrected chi connectivity index (χ1v) is 6.42. The Bertz CT molecular complexity index is 349. The summed E-state index contributed by atoms with van der Waals surface area (Å²) < 4.78 is 0. The minimum Gasteiger partial charge on any atom is -0.399 e. The highest BCUT2D eigenvalue weighted by molar-refractivity contribution is 7.99. The summed E-state index contributed by atoms with van der Waals surface area (Å²) in [6.45, 7) is 6.78. The van der Waals surface area contributed by atoms with Crippen LogP contribution < -0.4 is 10.6 Å². The number of nitrogens with two attached hydrogens (primary N) is 1. The molecule has 1 aromatic carbocycles. The summed E-state index contributed by atoms with van der Waals surface area (Å²) in [5.41, 5.74) is 8.02. The Balaban J connectivity index is 2.28. The van der Waals surface area contributed by atoms with Gasteiger partial charge >= 0.3 is 0 Å². The fourth-order valence-corrected chi connectivity index (χ4v) is 2.95. The topological polar surface area (TPSA) is 29.3 Å². The average Bonchev–Trinajstić information content (AvgIpc) is 2.18. The minimum atomic E-state index is 0.697. The maximum atomic E-state index is 5.84. The molecule has 0 radical (unpaired) electrons. The maximum absolute atomic E-state index is 5.84. The molecule has 1 aliphatic heterocycles. The van der Waals surface area contributed by atoms with Gasteiger partial charge in [0.2, 0.25) is 0 Å². The number of anilines is 2. The van der Waals surface area contributed by atoms with Gasteiger partial charge in [-0.15, -0.1) is 11.8 Å². The zero-order chi connectivity index (χ0) is 10.8. The van der Waals surface area contributed by atoms with Crippen LogP contribution in [-0.2, 0) is 0 Å². The molecule has 0 saturated heterocycles. The van der Waals surface area contributed by atoms with Crippen LogP contribution in [0.15, 0.2) is 23.1 Å². The lowest BCUT2D eigenvalue weighted by molar-refractivity contribution is 0.615. The van der Waals surface area contributed by atoms with Gasteiger partial charge in [-0.2, -0.15) is 0 Å². The van der Waals surface area contributed by atoms with E-state index in [4.69, 9.17) is 5.73 Å². The van der Waals surface area contributed by atoms with Gasteiger partial charge in [-0.3, -0.25) is 0 Å². The molecule has 0 amide bonds. The van der Waals surface area contributed by atoms with Crippen LogP contribution in [0.5, 0.6) is 0 Å². The molecular formula is C12H18N2S. The fraction of sp³-hybridized carbons (Fsp3) is 0.500. The van der Waals surface area contributed by atoms with Crippen LogP contribution in [0.25, 0.3) is 0 Å². The van der Waals surface area contributed by atoms with E-state index in [0.717, 1.165) is 18.8 Å². The van der Waals surface area contributed by atoms with Crippen molar-refractivity contribution in [3.8, 4) is 0 Å². The summed E-state index contributed by atoms with van der Waals surface area (Å²) in [7, 11) is 0. The third-order valence-electron chi connectivity index (χ3n) is 2.53. The van der Waals surface area contributed by atoms with Gasteiger partial charge < -0.3 is 10.6 Å². The number of nitrogen functional groups attached to an aromatic ring is 1.